The van der Waals surface area contributed by atoms with Crippen molar-refractivity contribution in [1.82, 2.24) is 15.2 Å². The van der Waals surface area contributed by atoms with E-state index >= 15 is 0 Å². The Labute approximate surface area is 121 Å². The van der Waals surface area contributed by atoms with E-state index in [1.807, 2.05) is 31.5 Å². The molecule has 0 bridgehead atoms. The second-order valence-electron chi connectivity index (χ2n) is 4.64. The van der Waals surface area contributed by atoms with Gasteiger partial charge in [0.05, 0.1) is 6.54 Å². The summed E-state index contributed by atoms with van der Waals surface area (Å²) in [6.45, 7) is 6.57. The van der Waals surface area contributed by atoms with Gasteiger partial charge in [-0.3, -0.25) is 9.59 Å². The standard InChI is InChI=1S/C13H20BrN3O2/c1-4-5-17-8-10(14)6-11(17)13(19)15-7-12(18)16-9(2)3/h6,8-9H,4-5,7H2,1-3H3,(H,15,19)(H,16,18). The highest BCUT2D eigenvalue weighted by Gasteiger charge is 2.13. The number of halogens is 1. The van der Waals surface area contributed by atoms with Crippen LogP contribution in [0.25, 0.3) is 0 Å². The lowest BCUT2D eigenvalue weighted by atomic mass is 10.3. The van der Waals surface area contributed by atoms with Gasteiger partial charge in [-0.1, -0.05) is 6.92 Å². The van der Waals surface area contributed by atoms with Crippen LogP contribution in [-0.2, 0) is 11.3 Å². The molecule has 0 fully saturated rings. The molecule has 6 heteroatoms. The van der Waals surface area contributed by atoms with Crippen LogP contribution in [0.5, 0.6) is 0 Å². The third-order valence-electron chi connectivity index (χ3n) is 2.42. The number of nitrogens with zero attached hydrogens (tertiary/aromatic N) is 1. The van der Waals surface area contributed by atoms with Crippen molar-refractivity contribution in [3.05, 3.63) is 22.4 Å². The van der Waals surface area contributed by atoms with Gasteiger partial charge in [0.15, 0.2) is 0 Å². The number of rotatable bonds is 6. The van der Waals surface area contributed by atoms with Crippen LogP contribution in [-0.4, -0.2) is 29.0 Å². The quantitative estimate of drug-likeness (QED) is 0.837. The second-order valence-corrected chi connectivity index (χ2v) is 5.56. The summed E-state index contributed by atoms with van der Waals surface area (Å²) in [6, 6.07) is 1.83. The molecule has 0 aliphatic carbocycles. The van der Waals surface area contributed by atoms with Gasteiger partial charge in [0.25, 0.3) is 5.91 Å². The monoisotopic (exact) mass is 329 g/mol. The summed E-state index contributed by atoms with van der Waals surface area (Å²) in [5.74, 6) is -0.422. The number of aromatic nitrogens is 1. The van der Waals surface area contributed by atoms with Crippen molar-refractivity contribution in [2.24, 2.45) is 0 Å². The lowest BCUT2D eigenvalue weighted by Gasteiger charge is -2.10. The van der Waals surface area contributed by atoms with E-state index in [4.69, 9.17) is 0 Å². The number of carbonyl (C=O) groups is 2. The largest absolute Gasteiger partial charge is 0.352 e. The maximum atomic E-state index is 12.0. The molecular weight excluding hydrogens is 310 g/mol. The fourth-order valence-electron chi connectivity index (χ4n) is 1.72. The summed E-state index contributed by atoms with van der Waals surface area (Å²) < 4.78 is 2.73. The Morgan fingerprint density at radius 3 is 2.68 bits per heavy atom. The minimum atomic E-state index is -0.238. The summed E-state index contributed by atoms with van der Waals surface area (Å²) >= 11 is 3.35. The molecule has 5 nitrogen and oxygen atoms in total. The van der Waals surface area contributed by atoms with E-state index < -0.39 is 0 Å². The predicted octanol–water partition coefficient (Wildman–Crippen LogP) is 1.91. The van der Waals surface area contributed by atoms with Crippen molar-refractivity contribution in [2.75, 3.05) is 6.54 Å². The van der Waals surface area contributed by atoms with Crippen LogP contribution in [0.15, 0.2) is 16.7 Å². The summed E-state index contributed by atoms with van der Waals surface area (Å²) in [7, 11) is 0. The Bertz CT molecular complexity index is 455. The lowest BCUT2D eigenvalue weighted by Crippen LogP contribution is -2.40. The van der Waals surface area contributed by atoms with Gasteiger partial charge in [-0.25, -0.2) is 0 Å². The fraction of sp³-hybridized carbons (Fsp3) is 0.538. The number of hydrogen-bond donors (Lipinski definition) is 2. The first kappa shape index (κ1) is 15.8. The van der Waals surface area contributed by atoms with Gasteiger partial charge in [-0.15, -0.1) is 0 Å². The van der Waals surface area contributed by atoms with E-state index in [2.05, 4.69) is 26.6 Å². The molecule has 0 aromatic carbocycles. The van der Waals surface area contributed by atoms with Crippen LogP contribution in [0.3, 0.4) is 0 Å². The molecule has 1 aromatic rings. The molecule has 1 heterocycles. The van der Waals surface area contributed by atoms with Crippen LogP contribution >= 0.6 is 15.9 Å². The minimum absolute atomic E-state index is 0.00800. The number of amides is 2. The molecule has 0 atom stereocenters. The normalized spacial score (nSPS) is 10.6. The predicted molar refractivity (Wildman–Crippen MR) is 78.0 cm³/mol. The van der Waals surface area contributed by atoms with Gasteiger partial charge in [0.1, 0.15) is 5.69 Å². The molecule has 0 spiro atoms. The van der Waals surface area contributed by atoms with Crippen LogP contribution in [0, 0.1) is 0 Å². The van der Waals surface area contributed by atoms with Crippen molar-refractivity contribution in [3.63, 3.8) is 0 Å². The molecular formula is C13H20BrN3O2. The van der Waals surface area contributed by atoms with Crippen LogP contribution in [0.4, 0.5) is 0 Å². The zero-order valence-corrected chi connectivity index (χ0v) is 13.1. The SMILES string of the molecule is CCCn1cc(Br)cc1C(=O)NCC(=O)NC(C)C. The maximum absolute atomic E-state index is 12.0. The first-order chi connectivity index (χ1) is 8.93. The lowest BCUT2D eigenvalue weighted by molar-refractivity contribution is -0.120. The third kappa shape index (κ3) is 5.06. The van der Waals surface area contributed by atoms with Crippen LogP contribution in [0.2, 0.25) is 0 Å². The fourth-order valence-corrected chi connectivity index (χ4v) is 2.18. The summed E-state index contributed by atoms with van der Waals surface area (Å²) in [4.78, 5) is 23.5. The highest BCUT2D eigenvalue weighted by atomic mass is 79.9. The Kier molecular flexibility index (Phi) is 6.08. The first-order valence-corrected chi connectivity index (χ1v) is 7.16. The zero-order chi connectivity index (χ0) is 14.4. The second kappa shape index (κ2) is 7.33. The maximum Gasteiger partial charge on any atom is 0.268 e. The molecule has 0 aliphatic heterocycles. The molecule has 0 saturated heterocycles. The highest BCUT2D eigenvalue weighted by Crippen LogP contribution is 2.15. The smallest absolute Gasteiger partial charge is 0.268 e. The molecule has 0 radical (unpaired) electrons. The number of carbonyl (C=O) groups excluding carboxylic acids is 2. The van der Waals surface area contributed by atoms with Gasteiger partial charge in [-0.05, 0) is 42.3 Å². The van der Waals surface area contributed by atoms with E-state index in [1.54, 1.807) is 6.07 Å². The third-order valence-corrected chi connectivity index (χ3v) is 2.85. The summed E-state index contributed by atoms with van der Waals surface area (Å²) in [6.07, 6.45) is 2.81. The Hall–Kier alpha value is -1.30. The van der Waals surface area contributed by atoms with Gasteiger partial charge in [0, 0.05) is 23.3 Å². The van der Waals surface area contributed by atoms with Crippen LogP contribution < -0.4 is 10.6 Å². The average Bonchev–Trinajstić information content (AvgIpc) is 2.67. The average molecular weight is 330 g/mol. The van der Waals surface area contributed by atoms with E-state index in [1.165, 1.54) is 0 Å². The molecule has 1 rings (SSSR count). The van der Waals surface area contributed by atoms with Gasteiger partial charge >= 0.3 is 0 Å². The molecule has 0 aliphatic rings. The van der Waals surface area contributed by atoms with E-state index in [0.29, 0.717) is 5.69 Å². The topological polar surface area (TPSA) is 63.1 Å². The molecule has 19 heavy (non-hydrogen) atoms. The molecule has 1 aromatic heterocycles. The van der Waals surface area contributed by atoms with Gasteiger partial charge in [-0.2, -0.15) is 0 Å². The van der Waals surface area contributed by atoms with Crippen molar-refractivity contribution >= 4 is 27.7 Å². The molecule has 0 unspecified atom stereocenters. The molecule has 2 N–H and O–H groups in total. The summed E-state index contributed by atoms with van der Waals surface area (Å²) in [5, 5.41) is 5.35. The highest BCUT2D eigenvalue weighted by molar-refractivity contribution is 9.10. The minimum Gasteiger partial charge on any atom is -0.352 e. The zero-order valence-electron chi connectivity index (χ0n) is 11.5. The van der Waals surface area contributed by atoms with Crippen molar-refractivity contribution < 1.29 is 9.59 Å². The van der Waals surface area contributed by atoms with Crippen molar-refractivity contribution in [1.29, 1.82) is 0 Å². The molecule has 2 amide bonds. The van der Waals surface area contributed by atoms with E-state index in [-0.39, 0.29) is 24.4 Å². The number of nitrogens with one attached hydrogen (secondary N) is 2. The van der Waals surface area contributed by atoms with Gasteiger partial charge in [0.2, 0.25) is 5.91 Å². The molecule has 106 valence electrons. The van der Waals surface area contributed by atoms with Crippen molar-refractivity contribution in [2.45, 2.75) is 39.8 Å². The van der Waals surface area contributed by atoms with E-state index in [9.17, 15) is 9.59 Å². The van der Waals surface area contributed by atoms with Gasteiger partial charge < -0.3 is 15.2 Å². The Morgan fingerprint density at radius 2 is 2.11 bits per heavy atom. The number of aryl methyl sites for hydroxylation is 1. The molecule has 0 saturated carbocycles. The van der Waals surface area contributed by atoms with Crippen molar-refractivity contribution in [3.8, 4) is 0 Å². The first-order valence-electron chi connectivity index (χ1n) is 6.37. The summed E-state index contributed by atoms with van der Waals surface area (Å²) in [5.41, 5.74) is 0.561. The van der Waals surface area contributed by atoms with Crippen LogP contribution in [0.1, 0.15) is 37.7 Å². The van der Waals surface area contributed by atoms with E-state index in [0.717, 1.165) is 17.4 Å². The number of hydrogen-bond acceptors (Lipinski definition) is 2. The Balaban J connectivity index is 2.60. The Morgan fingerprint density at radius 1 is 1.42 bits per heavy atom.